The number of benzene rings is 1. The van der Waals surface area contributed by atoms with Crippen molar-refractivity contribution in [3.63, 3.8) is 0 Å². The molecule has 96 valence electrons. The van der Waals surface area contributed by atoms with E-state index in [-0.39, 0.29) is 6.04 Å². The number of anilines is 1. The van der Waals surface area contributed by atoms with Gasteiger partial charge in [0.15, 0.2) is 0 Å². The van der Waals surface area contributed by atoms with Crippen LogP contribution in [-0.4, -0.2) is 16.3 Å². The van der Waals surface area contributed by atoms with Crippen molar-refractivity contribution in [3.05, 3.63) is 48.2 Å². The van der Waals surface area contributed by atoms with E-state index in [4.69, 9.17) is 5.73 Å². The Morgan fingerprint density at radius 1 is 1.28 bits per heavy atom. The standard InChI is InChI=1S/C14H20N4/c1-11(10-16-13-8-9-17-18(13)2)14(15)12-6-4-3-5-7-12/h3-9,11,14,16H,10,15H2,1-2H3. The second kappa shape index (κ2) is 5.69. The minimum Gasteiger partial charge on any atom is -0.370 e. The van der Waals surface area contributed by atoms with Crippen molar-refractivity contribution in [2.24, 2.45) is 18.7 Å². The van der Waals surface area contributed by atoms with Crippen molar-refractivity contribution in [1.29, 1.82) is 0 Å². The summed E-state index contributed by atoms with van der Waals surface area (Å²) in [6.45, 7) is 2.98. The normalized spacial score (nSPS) is 14.2. The predicted octanol–water partition coefficient (Wildman–Crippen LogP) is 2.17. The van der Waals surface area contributed by atoms with Gasteiger partial charge >= 0.3 is 0 Å². The van der Waals surface area contributed by atoms with E-state index in [1.807, 2.05) is 36.0 Å². The quantitative estimate of drug-likeness (QED) is 0.847. The Kier molecular flexibility index (Phi) is 3.99. The summed E-state index contributed by atoms with van der Waals surface area (Å²) < 4.78 is 1.82. The molecule has 2 unspecified atom stereocenters. The van der Waals surface area contributed by atoms with Crippen LogP contribution in [0.25, 0.3) is 0 Å². The molecule has 0 radical (unpaired) electrons. The molecule has 2 rings (SSSR count). The molecule has 2 aromatic rings. The van der Waals surface area contributed by atoms with E-state index in [1.165, 1.54) is 5.56 Å². The molecule has 0 spiro atoms. The minimum atomic E-state index is 0.0481. The van der Waals surface area contributed by atoms with E-state index in [1.54, 1.807) is 6.20 Å². The molecule has 0 saturated heterocycles. The van der Waals surface area contributed by atoms with Gasteiger partial charge in [0.2, 0.25) is 0 Å². The van der Waals surface area contributed by atoms with E-state index >= 15 is 0 Å². The van der Waals surface area contributed by atoms with Gasteiger partial charge in [-0.3, -0.25) is 4.68 Å². The van der Waals surface area contributed by atoms with Gasteiger partial charge in [0.05, 0.1) is 6.20 Å². The van der Waals surface area contributed by atoms with Gasteiger partial charge in [0, 0.05) is 25.7 Å². The summed E-state index contributed by atoms with van der Waals surface area (Å²) in [7, 11) is 1.92. The van der Waals surface area contributed by atoms with E-state index in [0.29, 0.717) is 5.92 Å². The summed E-state index contributed by atoms with van der Waals surface area (Å²) in [5.41, 5.74) is 7.43. The summed E-state index contributed by atoms with van der Waals surface area (Å²) in [5.74, 6) is 1.37. The Balaban J connectivity index is 1.92. The molecule has 18 heavy (non-hydrogen) atoms. The molecular weight excluding hydrogens is 224 g/mol. The van der Waals surface area contributed by atoms with Crippen LogP contribution >= 0.6 is 0 Å². The van der Waals surface area contributed by atoms with Gasteiger partial charge in [0.25, 0.3) is 0 Å². The number of nitrogens with two attached hydrogens (primary N) is 1. The number of hydrogen-bond acceptors (Lipinski definition) is 3. The smallest absolute Gasteiger partial charge is 0.123 e. The highest BCUT2D eigenvalue weighted by Gasteiger charge is 2.14. The highest BCUT2D eigenvalue weighted by atomic mass is 15.3. The fourth-order valence-corrected chi connectivity index (χ4v) is 1.94. The molecule has 2 atom stereocenters. The number of rotatable bonds is 5. The zero-order chi connectivity index (χ0) is 13.0. The lowest BCUT2D eigenvalue weighted by atomic mass is 9.95. The van der Waals surface area contributed by atoms with Crippen LogP contribution in [0.3, 0.4) is 0 Å². The molecule has 1 heterocycles. The van der Waals surface area contributed by atoms with Gasteiger partial charge in [-0.2, -0.15) is 5.10 Å². The maximum absolute atomic E-state index is 6.25. The fourth-order valence-electron chi connectivity index (χ4n) is 1.94. The van der Waals surface area contributed by atoms with Crippen molar-refractivity contribution < 1.29 is 0 Å². The third kappa shape index (κ3) is 2.90. The van der Waals surface area contributed by atoms with Gasteiger partial charge in [-0.1, -0.05) is 37.3 Å². The molecule has 1 aromatic heterocycles. The molecule has 3 N–H and O–H groups in total. The van der Waals surface area contributed by atoms with Crippen LogP contribution in [0.5, 0.6) is 0 Å². The summed E-state index contributed by atoms with van der Waals surface area (Å²) in [6, 6.07) is 12.2. The first kappa shape index (κ1) is 12.6. The summed E-state index contributed by atoms with van der Waals surface area (Å²) in [6.07, 6.45) is 1.78. The molecule has 0 fully saturated rings. The van der Waals surface area contributed by atoms with Crippen LogP contribution < -0.4 is 11.1 Å². The Morgan fingerprint density at radius 3 is 2.61 bits per heavy atom. The predicted molar refractivity (Wildman–Crippen MR) is 74.2 cm³/mol. The average molecular weight is 244 g/mol. The van der Waals surface area contributed by atoms with Gasteiger partial charge in [0.1, 0.15) is 5.82 Å². The number of aromatic nitrogens is 2. The van der Waals surface area contributed by atoms with Crippen molar-refractivity contribution in [2.75, 3.05) is 11.9 Å². The molecule has 4 nitrogen and oxygen atoms in total. The van der Waals surface area contributed by atoms with Crippen molar-refractivity contribution in [2.45, 2.75) is 13.0 Å². The molecule has 0 aliphatic carbocycles. The zero-order valence-corrected chi connectivity index (χ0v) is 10.9. The third-order valence-electron chi connectivity index (χ3n) is 3.22. The second-order valence-corrected chi connectivity index (χ2v) is 4.63. The van der Waals surface area contributed by atoms with Crippen LogP contribution in [0.4, 0.5) is 5.82 Å². The van der Waals surface area contributed by atoms with Gasteiger partial charge in [-0.15, -0.1) is 0 Å². The molecule has 0 amide bonds. The molecule has 4 heteroatoms. The molecule has 0 bridgehead atoms. The first-order chi connectivity index (χ1) is 8.68. The van der Waals surface area contributed by atoms with Crippen LogP contribution in [-0.2, 0) is 7.05 Å². The van der Waals surface area contributed by atoms with Crippen LogP contribution in [0.2, 0.25) is 0 Å². The first-order valence-corrected chi connectivity index (χ1v) is 6.21. The number of hydrogen-bond donors (Lipinski definition) is 2. The number of aryl methyl sites for hydroxylation is 1. The van der Waals surface area contributed by atoms with E-state index in [2.05, 4.69) is 29.5 Å². The number of nitrogens with zero attached hydrogens (tertiary/aromatic N) is 2. The van der Waals surface area contributed by atoms with Crippen molar-refractivity contribution in [3.8, 4) is 0 Å². The van der Waals surface area contributed by atoms with E-state index in [9.17, 15) is 0 Å². The van der Waals surface area contributed by atoms with Crippen LogP contribution in [0.15, 0.2) is 42.6 Å². The fraction of sp³-hybridized carbons (Fsp3) is 0.357. The monoisotopic (exact) mass is 244 g/mol. The summed E-state index contributed by atoms with van der Waals surface area (Å²) >= 11 is 0. The molecule has 0 aliphatic rings. The van der Waals surface area contributed by atoms with Crippen molar-refractivity contribution >= 4 is 5.82 Å². The molecule has 0 saturated carbocycles. The van der Waals surface area contributed by atoms with Gasteiger partial charge in [-0.05, 0) is 11.5 Å². The van der Waals surface area contributed by atoms with Crippen LogP contribution in [0, 0.1) is 5.92 Å². The largest absolute Gasteiger partial charge is 0.370 e. The Bertz CT molecular complexity index is 478. The third-order valence-corrected chi connectivity index (χ3v) is 3.22. The highest BCUT2D eigenvalue weighted by Crippen LogP contribution is 2.19. The number of nitrogens with one attached hydrogen (secondary N) is 1. The second-order valence-electron chi connectivity index (χ2n) is 4.63. The Hall–Kier alpha value is -1.81. The lowest BCUT2D eigenvalue weighted by Crippen LogP contribution is -2.25. The Labute approximate surface area is 108 Å². The lowest BCUT2D eigenvalue weighted by Gasteiger charge is -2.21. The zero-order valence-electron chi connectivity index (χ0n) is 10.9. The molecular formula is C14H20N4. The SMILES string of the molecule is CC(CNc1ccnn1C)C(N)c1ccccc1. The molecule has 1 aromatic carbocycles. The maximum Gasteiger partial charge on any atom is 0.123 e. The minimum absolute atomic E-state index is 0.0481. The summed E-state index contributed by atoms with van der Waals surface area (Å²) in [4.78, 5) is 0. The van der Waals surface area contributed by atoms with Crippen molar-refractivity contribution in [1.82, 2.24) is 9.78 Å². The highest BCUT2D eigenvalue weighted by molar-refractivity contribution is 5.33. The topological polar surface area (TPSA) is 55.9 Å². The lowest BCUT2D eigenvalue weighted by molar-refractivity contribution is 0.491. The summed E-state index contributed by atoms with van der Waals surface area (Å²) in [5, 5.41) is 7.48. The Morgan fingerprint density at radius 2 is 2.00 bits per heavy atom. The first-order valence-electron chi connectivity index (χ1n) is 6.21. The average Bonchev–Trinajstić information content (AvgIpc) is 2.81. The maximum atomic E-state index is 6.25. The van der Waals surface area contributed by atoms with Crippen LogP contribution in [0.1, 0.15) is 18.5 Å². The van der Waals surface area contributed by atoms with Gasteiger partial charge in [-0.25, -0.2) is 0 Å². The molecule has 0 aliphatic heterocycles. The van der Waals surface area contributed by atoms with E-state index in [0.717, 1.165) is 12.4 Å². The van der Waals surface area contributed by atoms with E-state index < -0.39 is 0 Å². The van der Waals surface area contributed by atoms with Gasteiger partial charge < -0.3 is 11.1 Å².